The zero-order valence-corrected chi connectivity index (χ0v) is 27.0. The zero-order valence-electron chi connectivity index (χ0n) is 25.4. The van der Waals surface area contributed by atoms with Crippen molar-refractivity contribution in [2.75, 3.05) is 59.5 Å². The molecule has 0 fully saturated rings. The smallest absolute Gasteiger partial charge is 0.491 e. The van der Waals surface area contributed by atoms with Gasteiger partial charge < -0.3 is 28.4 Å². The van der Waals surface area contributed by atoms with Crippen molar-refractivity contribution in [1.82, 2.24) is 0 Å². The highest BCUT2D eigenvalue weighted by Crippen LogP contribution is 2.71. The van der Waals surface area contributed by atoms with Gasteiger partial charge in [-0.2, -0.15) is 25.2 Å². The predicted molar refractivity (Wildman–Crippen MR) is 164 cm³/mol. The Morgan fingerprint density at radius 2 is 0.800 bits per heavy atom. The molecule has 9 nitrogen and oxygen atoms in total. The van der Waals surface area contributed by atoms with Gasteiger partial charge in [0.1, 0.15) is 37.1 Å². The molecule has 0 saturated carbocycles. The number of alkyl halides is 3. The van der Waals surface area contributed by atoms with Crippen molar-refractivity contribution in [3.63, 3.8) is 0 Å². The van der Waals surface area contributed by atoms with Crippen LogP contribution in [0.4, 0.5) is 13.2 Å². The zero-order chi connectivity index (χ0) is 32.8. The first-order chi connectivity index (χ1) is 21.6. The first-order valence-electron chi connectivity index (χ1n) is 14.3. The molecular formula is C31H39F3O9S2. The van der Waals surface area contributed by atoms with Crippen molar-refractivity contribution in [2.45, 2.75) is 41.0 Å². The van der Waals surface area contributed by atoms with E-state index in [2.05, 4.69) is 0 Å². The summed E-state index contributed by atoms with van der Waals surface area (Å²) in [7, 11) is -9.66. The van der Waals surface area contributed by atoms with Gasteiger partial charge in [-0.1, -0.05) is 0 Å². The summed E-state index contributed by atoms with van der Waals surface area (Å²) in [5.74, 6) is 1.25. The molecule has 3 aromatic rings. The van der Waals surface area contributed by atoms with E-state index in [4.69, 9.17) is 32.1 Å². The van der Waals surface area contributed by atoms with E-state index in [9.17, 15) is 21.6 Å². The van der Waals surface area contributed by atoms with Crippen LogP contribution in [-0.2, 0) is 28.0 Å². The molecule has 0 atom stereocenters. The summed E-state index contributed by atoms with van der Waals surface area (Å²) < 4.78 is 105. The van der Waals surface area contributed by atoms with Gasteiger partial charge in [0.25, 0.3) is 0 Å². The summed E-state index contributed by atoms with van der Waals surface area (Å²) in [6, 6.07) is 18.2. The quantitative estimate of drug-likeness (QED) is 0.0926. The van der Waals surface area contributed by atoms with Crippen LogP contribution in [0, 0.1) is 0 Å². The summed E-state index contributed by atoms with van der Waals surface area (Å²) in [4.78, 5) is 0.549. The van der Waals surface area contributed by atoms with Gasteiger partial charge >= 0.3 is 15.6 Å². The lowest BCUT2D eigenvalue weighted by molar-refractivity contribution is -0.0496. The first kappa shape index (κ1) is 36.5. The molecule has 3 aromatic carbocycles. The van der Waals surface area contributed by atoms with Crippen LogP contribution in [0.25, 0.3) is 0 Å². The molecule has 45 heavy (non-hydrogen) atoms. The summed E-state index contributed by atoms with van der Waals surface area (Å²) in [6.45, 7) is 8.90. The molecule has 0 radical (unpaired) electrons. The molecule has 0 N–H and O–H groups in total. The van der Waals surface area contributed by atoms with E-state index in [0.717, 1.165) is 0 Å². The number of hydrogen-bond acceptors (Lipinski definition) is 9. The monoisotopic (exact) mass is 676 g/mol. The Balaban J connectivity index is 2.13. The molecule has 0 aliphatic rings. The minimum absolute atomic E-state index is 0.183. The molecule has 0 heterocycles. The molecule has 0 unspecified atom stereocenters. The van der Waals surface area contributed by atoms with E-state index >= 15 is 0 Å². The lowest BCUT2D eigenvalue weighted by atomic mass is 10.3. The van der Waals surface area contributed by atoms with Crippen molar-refractivity contribution in [3.05, 3.63) is 72.8 Å². The SMILES string of the molecule is CCOCCOc1ccc(S(OS(=O)(=O)C(F)(F)F)(c2ccc(OCCOCC)cc2)c2ccc(OCCOCC)cc2)cc1. The molecule has 0 saturated heterocycles. The molecule has 0 bridgehead atoms. The average Bonchev–Trinajstić information content (AvgIpc) is 3.03. The highest BCUT2D eigenvalue weighted by Gasteiger charge is 2.52. The minimum Gasteiger partial charge on any atom is -0.491 e. The maximum atomic E-state index is 13.9. The van der Waals surface area contributed by atoms with Crippen LogP contribution in [-0.4, -0.2) is 73.4 Å². The van der Waals surface area contributed by atoms with E-state index in [1.807, 2.05) is 20.8 Å². The summed E-state index contributed by atoms with van der Waals surface area (Å²) in [6.07, 6.45) is 0. The van der Waals surface area contributed by atoms with Gasteiger partial charge in [-0.15, -0.1) is 0 Å². The van der Waals surface area contributed by atoms with Crippen molar-refractivity contribution in [2.24, 2.45) is 0 Å². The third-order valence-corrected chi connectivity index (χ3v) is 11.0. The first-order valence-corrected chi connectivity index (χ1v) is 17.3. The third kappa shape index (κ3) is 10.2. The Morgan fingerprint density at radius 3 is 1.04 bits per heavy atom. The Bertz CT molecular complexity index is 1250. The molecule has 0 spiro atoms. The van der Waals surface area contributed by atoms with Gasteiger partial charge in [0, 0.05) is 34.5 Å². The van der Waals surface area contributed by atoms with Gasteiger partial charge in [0.15, 0.2) is 0 Å². The summed E-state index contributed by atoms with van der Waals surface area (Å²) in [5, 5.41) is 0. The van der Waals surface area contributed by atoms with Crippen LogP contribution >= 0.6 is 10.3 Å². The fourth-order valence-corrected chi connectivity index (χ4v) is 8.67. The number of ether oxygens (including phenoxy) is 6. The van der Waals surface area contributed by atoms with Crippen molar-refractivity contribution in [1.29, 1.82) is 0 Å². The molecular weight excluding hydrogens is 637 g/mol. The number of rotatable bonds is 20. The Labute approximate surface area is 264 Å². The number of halogens is 3. The van der Waals surface area contributed by atoms with E-state index in [1.165, 1.54) is 36.4 Å². The highest BCUT2D eigenvalue weighted by atomic mass is 32.3. The van der Waals surface area contributed by atoms with E-state index in [0.29, 0.717) is 56.9 Å². The molecule has 0 amide bonds. The second-order valence-corrected chi connectivity index (χ2v) is 13.5. The molecule has 250 valence electrons. The van der Waals surface area contributed by atoms with Crippen molar-refractivity contribution < 1.29 is 53.6 Å². The molecule has 14 heteroatoms. The van der Waals surface area contributed by atoms with E-state index < -0.39 is 25.9 Å². The minimum atomic E-state index is -6.10. The topological polar surface area (TPSA) is 98.8 Å². The van der Waals surface area contributed by atoms with Gasteiger partial charge in [-0.05, 0) is 104 Å². The summed E-state index contributed by atoms with van der Waals surface area (Å²) >= 11 is 0. The van der Waals surface area contributed by atoms with Crippen LogP contribution in [0.3, 0.4) is 0 Å². The number of benzene rings is 3. The predicted octanol–water partition coefficient (Wildman–Crippen LogP) is 7.00. The Kier molecular flexibility index (Phi) is 14.3. The van der Waals surface area contributed by atoms with Crippen molar-refractivity contribution in [3.8, 4) is 17.2 Å². The normalized spacial score (nSPS) is 12.6. The van der Waals surface area contributed by atoms with Crippen LogP contribution in [0.5, 0.6) is 17.2 Å². The lowest BCUT2D eigenvalue weighted by Gasteiger charge is -2.39. The molecule has 0 aliphatic carbocycles. The van der Waals surface area contributed by atoms with Crippen molar-refractivity contribution >= 4 is 20.4 Å². The second-order valence-electron chi connectivity index (χ2n) is 9.07. The average molecular weight is 677 g/mol. The molecule has 3 rings (SSSR count). The largest absolute Gasteiger partial charge is 0.524 e. The highest BCUT2D eigenvalue weighted by molar-refractivity contribution is 8.33. The second kappa shape index (κ2) is 17.6. The molecule has 0 aromatic heterocycles. The van der Waals surface area contributed by atoms with E-state index in [-0.39, 0.29) is 34.5 Å². The Morgan fingerprint density at radius 1 is 0.511 bits per heavy atom. The lowest BCUT2D eigenvalue weighted by Crippen LogP contribution is -2.27. The third-order valence-electron chi connectivity index (χ3n) is 6.04. The van der Waals surface area contributed by atoms with Gasteiger partial charge in [0.05, 0.1) is 19.8 Å². The Hall–Kier alpha value is -3.01. The van der Waals surface area contributed by atoms with Gasteiger partial charge in [-0.25, -0.2) is 0 Å². The van der Waals surface area contributed by atoms with Gasteiger partial charge in [0.2, 0.25) is 0 Å². The van der Waals surface area contributed by atoms with Crippen LogP contribution in [0.1, 0.15) is 20.8 Å². The van der Waals surface area contributed by atoms with Crippen LogP contribution in [0.15, 0.2) is 87.5 Å². The fraction of sp³-hybridized carbons (Fsp3) is 0.419. The van der Waals surface area contributed by atoms with Gasteiger partial charge in [-0.3, -0.25) is 0 Å². The maximum absolute atomic E-state index is 13.9. The number of hydrogen-bond donors (Lipinski definition) is 0. The van der Waals surface area contributed by atoms with E-state index in [1.54, 1.807) is 36.4 Å². The maximum Gasteiger partial charge on any atom is 0.524 e. The molecule has 0 aliphatic heterocycles. The van der Waals surface area contributed by atoms with Crippen LogP contribution < -0.4 is 14.2 Å². The van der Waals surface area contributed by atoms with Crippen LogP contribution in [0.2, 0.25) is 0 Å². The summed E-state index contributed by atoms with van der Waals surface area (Å²) in [5.41, 5.74) is -5.68. The standard InChI is InChI=1S/C31H39F3O9S2/c1-4-37-19-22-40-25-7-13-28(14-8-25)44(43-45(35,36)31(32,33)34,29-15-9-26(10-16-29)41-23-20-38-5-2)30-17-11-27(12-18-30)42-24-21-39-6-3/h7-18H,4-6,19-24H2,1-3H3. The fourth-order valence-electron chi connectivity index (χ4n) is 3.97.